The summed E-state index contributed by atoms with van der Waals surface area (Å²) in [5.74, 6) is 0.850. The minimum absolute atomic E-state index is 0.0486. The summed E-state index contributed by atoms with van der Waals surface area (Å²) in [4.78, 5) is 14.6. The molecule has 1 aliphatic heterocycles. The standard InChI is InChI=1S/C20H22BrNO3/c1-14-11-22(12-15(2)25-14)20(23)17-5-3-4-16(10-17)13-24-19-8-6-18(21)7-9-19/h3-10,14-15H,11-13H2,1-2H3/t14-,15-/m1/s1. The SMILES string of the molecule is C[C@@H]1CN(C(=O)c2cccc(COc3ccc(Br)cc3)c2)C[C@@H](C)O1. The lowest BCUT2D eigenvalue weighted by molar-refractivity contribution is -0.0586. The monoisotopic (exact) mass is 403 g/mol. The molecule has 1 fully saturated rings. The first kappa shape index (κ1) is 18.0. The smallest absolute Gasteiger partial charge is 0.254 e. The molecule has 0 saturated carbocycles. The van der Waals surface area contributed by atoms with Crippen molar-refractivity contribution in [3.05, 3.63) is 64.1 Å². The van der Waals surface area contributed by atoms with E-state index in [0.29, 0.717) is 25.3 Å². The topological polar surface area (TPSA) is 38.8 Å². The summed E-state index contributed by atoms with van der Waals surface area (Å²) in [6.07, 6.45) is 0.133. The van der Waals surface area contributed by atoms with Crippen LogP contribution in [0.3, 0.4) is 0 Å². The maximum atomic E-state index is 12.8. The van der Waals surface area contributed by atoms with E-state index < -0.39 is 0 Å². The van der Waals surface area contributed by atoms with Crippen molar-refractivity contribution in [3.8, 4) is 5.75 Å². The van der Waals surface area contributed by atoms with Crippen LogP contribution in [0.5, 0.6) is 5.75 Å². The molecule has 0 radical (unpaired) electrons. The number of carbonyl (C=O) groups is 1. The van der Waals surface area contributed by atoms with Gasteiger partial charge < -0.3 is 14.4 Å². The van der Waals surface area contributed by atoms with E-state index in [1.54, 1.807) is 0 Å². The molecule has 2 aromatic rings. The van der Waals surface area contributed by atoms with Gasteiger partial charge in [0.05, 0.1) is 12.2 Å². The number of halogens is 1. The number of morpholine rings is 1. The van der Waals surface area contributed by atoms with E-state index in [1.807, 2.05) is 67.3 Å². The van der Waals surface area contributed by atoms with Crippen LogP contribution < -0.4 is 4.74 Å². The second-order valence-corrected chi connectivity index (χ2v) is 7.33. The Balaban J connectivity index is 1.66. The number of benzene rings is 2. The molecule has 0 aliphatic carbocycles. The number of amides is 1. The molecule has 5 heteroatoms. The van der Waals surface area contributed by atoms with E-state index in [-0.39, 0.29) is 18.1 Å². The van der Waals surface area contributed by atoms with Crippen LogP contribution in [0.15, 0.2) is 53.0 Å². The summed E-state index contributed by atoms with van der Waals surface area (Å²) in [5, 5.41) is 0. The van der Waals surface area contributed by atoms with Gasteiger partial charge in [-0.15, -0.1) is 0 Å². The van der Waals surface area contributed by atoms with E-state index in [1.165, 1.54) is 0 Å². The number of ether oxygens (including phenoxy) is 2. The Morgan fingerprint density at radius 1 is 1.16 bits per heavy atom. The lowest BCUT2D eigenvalue weighted by Gasteiger charge is -2.35. The summed E-state index contributed by atoms with van der Waals surface area (Å²) in [6, 6.07) is 15.3. The third kappa shape index (κ3) is 4.83. The number of hydrogen-bond donors (Lipinski definition) is 0. The second-order valence-electron chi connectivity index (χ2n) is 6.41. The van der Waals surface area contributed by atoms with Crippen LogP contribution in [0.25, 0.3) is 0 Å². The van der Waals surface area contributed by atoms with E-state index in [2.05, 4.69) is 15.9 Å². The van der Waals surface area contributed by atoms with Crippen molar-refractivity contribution in [2.24, 2.45) is 0 Å². The number of rotatable bonds is 4. The fourth-order valence-corrected chi connectivity index (χ4v) is 3.28. The van der Waals surface area contributed by atoms with Crippen molar-refractivity contribution in [2.75, 3.05) is 13.1 Å². The Kier molecular flexibility index (Phi) is 5.76. The summed E-state index contributed by atoms with van der Waals surface area (Å²) >= 11 is 3.41. The minimum Gasteiger partial charge on any atom is -0.489 e. The summed E-state index contributed by atoms with van der Waals surface area (Å²) in [7, 11) is 0. The average Bonchev–Trinajstić information content (AvgIpc) is 2.60. The van der Waals surface area contributed by atoms with Gasteiger partial charge in [0.1, 0.15) is 12.4 Å². The van der Waals surface area contributed by atoms with E-state index >= 15 is 0 Å². The molecule has 132 valence electrons. The zero-order valence-electron chi connectivity index (χ0n) is 14.4. The molecule has 25 heavy (non-hydrogen) atoms. The Hall–Kier alpha value is -1.85. The van der Waals surface area contributed by atoms with Crippen molar-refractivity contribution in [1.29, 1.82) is 0 Å². The summed E-state index contributed by atoms with van der Waals surface area (Å²) < 4.78 is 12.5. The van der Waals surface area contributed by atoms with Crippen molar-refractivity contribution in [2.45, 2.75) is 32.7 Å². The molecule has 0 unspecified atom stereocenters. The van der Waals surface area contributed by atoms with Crippen LogP contribution in [0.2, 0.25) is 0 Å². The first-order chi connectivity index (χ1) is 12.0. The molecule has 0 N–H and O–H groups in total. The molecule has 1 heterocycles. The first-order valence-corrected chi connectivity index (χ1v) is 9.22. The van der Waals surface area contributed by atoms with E-state index in [0.717, 1.165) is 15.8 Å². The van der Waals surface area contributed by atoms with Crippen LogP contribution in [0, 0.1) is 0 Å². The van der Waals surface area contributed by atoms with Gasteiger partial charge in [0.25, 0.3) is 5.91 Å². The molecule has 1 aliphatic rings. The van der Waals surface area contributed by atoms with Gasteiger partial charge >= 0.3 is 0 Å². The van der Waals surface area contributed by atoms with Crippen molar-refractivity contribution in [3.63, 3.8) is 0 Å². The fraction of sp³-hybridized carbons (Fsp3) is 0.350. The van der Waals surface area contributed by atoms with Crippen LogP contribution in [0.4, 0.5) is 0 Å². The number of hydrogen-bond acceptors (Lipinski definition) is 3. The largest absolute Gasteiger partial charge is 0.489 e. The quantitative estimate of drug-likeness (QED) is 0.764. The molecule has 2 aromatic carbocycles. The molecule has 0 bridgehead atoms. The van der Waals surface area contributed by atoms with Gasteiger partial charge in [-0.25, -0.2) is 0 Å². The van der Waals surface area contributed by atoms with E-state index in [9.17, 15) is 4.79 Å². The predicted octanol–water partition coefficient (Wildman–Crippen LogP) is 4.28. The lowest BCUT2D eigenvalue weighted by Crippen LogP contribution is -2.48. The normalized spacial score (nSPS) is 20.4. The van der Waals surface area contributed by atoms with Gasteiger partial charge in [-0.1, -0.05) is 28.1 Å². The minimum atomic E-state index is 0.0486. The lowest BCUT2D eigenvalue weighted by atomic mass is 10.1. The Labute approximate surface area is 156 Å². The van der Waals surface area contributed by atoms with E-state index in [4.69, 9.17) is 9.47 Å². The molecule has 1 saturated heterocycles. The number of nitrogens with zero attached hydrogens (tertiary/aromatic N) is 1. The zero-order chi connectivity index (χ0) is 17.8. The Morgan fingerprint density at radius 3 is 2.52 bits per heavy atom. The Bertz CT molecular complexity index is 722. The van der Waals surface area contributed by atoms with Gasteiger partial charge in [-0.05, 0) is 55.8 Å². The van der Waals surface area contributed by atoms with Gasteiger partial charge in [0, 0.05) is 23.1 Å². The van der Waals surface area contributed by atoms with Crippen LogP contribution >= 0.6 is 15.9 Å². The highest BCUT2D eigenvalue weighted by Gasteiger charge is 2.26. The summed E-state index contributed by atoms with van der Waals surface area (Å²) in [6.45, 7) is 5.68. The predicted molar refractivity (Wildman–Crippen MR) is 101 cm³/mol. The average molecular weight is 404 g/mol. The van der Waals surface area contributed by atoms with Gasteiger partial charge in [0.15, 0.2) is 0 Å². The molecular weight excluding hydrogens is 382 g/mol. The zero-order valence-corrected chi connectivity index (χ0v) is 16.0. The third-order valence-electron chi connectivity index (χ3n) is 4.10. The molecular formula is C20H22BrNO3. The highest BCUT2D eigenvalue weighted by atomic mass is 79.9. The maximum Gasteiger partial charge on any atom is 0.254 e. The fourth-order valence-electron chi connectivity index (χ4n) is 3.02. The van der Waals surface area contributed by atoms with Gasteiger partial charge in [0.2, 0.25) is 0 Å². The molecule has 1 amide bonds. The first-order valence-electron chi connectivity index (χ1n) is 8.43. The molecule has 0 aromatic heterocycles. The molecule has 4 nitrogen and oxygen atoms in total. The van der Waals surface area contributed by atoms with Crippen molar-refractivity contribution >= 4 is 21.8 Å². The Morgan fingerprint density at radius 2 is 1.84 bits per heavy atom. The van der Waals surface area contributed by atoms with Crippen LogP contribution in [-0.4, -0.2) is 36.1 Å². The highest BCUT2D eigenvalue weighted by molar-refractivity contribution is 9.10. The second kappa shape index (κ2) is 8.02. The van der Waals surface area contributed by atoms with Crippen molar-refractivity contribution in [1.82, 2.24) is 4.90 Å². The number of carbonyl (C=O) groups excluding carboxylic acids is 1. The van der Waals surface area contributed by atoms with Gasteiger partial charge in [-0.3, -0.25) is 4.79 Å². The summed E-state index contributed by atoms with van der Waals surface area (Å²) in [5.41, 5.74) is 1.67. The van der Waals surface area contributed by atoms with Gasteiger partial charge in [-0.2, -0.15) is 0 Å². The molecule has 3 rings (SSSR count). The van der Waals surface area contributed by atoms with Crippen LogP contribution in [0.1, 0.15) is 29.8 Å². The maximum absolute atomic E-state index is 12.8. The molecule has 0 spiro atoms. The third-order valence-corrected chi connectivity index (χ3v) is 4.63. The highest BCUT2D eigenvalue weighted by Crippen LogP contribution is 2.19. The van der Waals surface area contributed by atoms with Crippen molar-refractivity contribution < 1.29 is 14.3 Å². The molecule has 2 atom stereocenters. The van der Waals surface area contributed by atoms with Crippen LogP contribution in [-0.2, 0) is 11.3 Å².